The Kier molecular flexibility index (Phi) is 2.55. The van der Waals surface area contributed by atoms with Gasteiger partial charge in [0.2, 0.25) is 0 Å². The summed E-state index contributed by atoms with van der Waals surface area (Å²) in [6.07, 6.45) is 1.41. The van der Waals surface area contributed by atoms with E-state index in [-0.39, 0.29) is 34.9 Å². The Bertz CT molecular complexity index is 860. The number of ether oxygens (including phenoxy) is 1. The van der Waals surface area contributed by atoms with Crippen molar-refractivity contribution in [1.82, 2.24) is 0 Å². The highest BCUT2D eigenvalue weighted by molar-refractivity contribution is 5.66. The molecule has 6 saturated carbocycles. The van der Waals surface area contributed by atoms with Crippen LogP contribution in [-0.4, -0.2) is 63.8 Å². The molecule has 9 rings (SSSR count). The van der Waals surface area contributed by atoms with Crippen molar-refractivity contribution >= 4 is 5.97 Å². The molecule has 28 heavy (non-hydrogen) atoms. The number of hydrogen-bond acceptors (Lipinski definition) is 5. The third-order valence-corrected chi connectivity index (χ3v) is 10.8. The SMILES string of the molecule is C=C1C[C@@]23C[C@H]4[C@@H]5C6(C)C[C@H](OC(C)=O)CC57[C@H]2[C@@H](O)[C@H]1[C@@H](O)[C@]3(O)[C@H]7[NH+]4C6. The van der Waals surface area contributed by atoms with Crippen LogP contribution in [0, 0.1) is 34.0 Å². The van der Waals surface area contributed by atoms with Gasteiger partial charge in [-0.05, 0) is 19.3 Å². The van der Waals surface area contributed by atoms with Crippen molar-refractivity contribution in [2.24, 2.45) is 34.0 Å². The van der Waals surface area contributed by atoms with Gasteiger partial charge in [-0.25, -0.2) is 0 Å². The van der Waals surface area contributed by atoms with E-state index in [1.165, 1.54) is 11.8 Å². The van der Waals surface area contributed by atoms with Gasteiger partial charge in [0, 0.05) is 47.3 Å². The fourth-order valence-electron chi connectivity index (χ4n) is 11.3. The Balaban J connectivity index is 1.49. The minimum Gasteiger partial charge on any atom is -0.463 e. The van der Waals surface area contributed by atoms with E-state index in [2.05, 4.69) is 13.5 Å². The number of fused-ring (bicyclic) bond motifs is 1. The molecule has 6 heteroatoms. The van der Waals surface area contributed by atoms with Crippen LogP contribution in [0.15, 0.2) is 12.2 Å². The van der Waals surface area contributed by atoms with E-state index in [1.54, 1.807) is 0 Å². The number of quaternary nitrogens is 1. The number of rotatable bonds is 1. The van der Waals surface area contributed by atoms with Crippen molar-refractivity contribution in [1.29, 1.82) is 0 Å². The van der Waals surface area contributed by atoms with E-state index in [9.17, 15) is 20.1 Å². The molecule has 9 fully saturated rings. The summed E-state index contributed by atoms with van der Waals surface area (Å²) in [6, 6.07) is 0.412. The van der Waals surface area contributed by atoms with Crippen LogP contribution >= 0.6 is 0 Å². The monoisotopic (exact) mass is 388 g/mol. The van der Waals surface area contributed by atoms with E-state index in [4.69, 9.17) is 4.74 Å². The van der Waals surface area contributed by atoms with E-state index < -0.39 is 29.1 Å². The van der Waals surface area contributed by atoms with E-state index in [1.807, 2.05) is 0 Å². The van der Waals surface area contributed by atoms with Crippen molar-refractivity contribution in [3.8, 4) is 0 Å². The number of carbonyl (C=O) groups excluding carboxylic acids is 1. The van der Waals surface area contributed by atoms with Gasteiger partial charge in [0.1, 0.15) is 17.7 Å². The largest absolute Gasteiger partial charge is 0.463 e. The van der Waals surface area contributed by atoms with Crippen LogP contribution in [0.4, 0.5) is 0 Å². The summed E-state index contributed by atoms with van der Waals surface area (Å²) < 4.78 is 5.76. The summed E-state index contributed by atoms with van der Waals surface area (Å²) in [5.74, 6) is -0.301. The number of aliphatic hydroxyl groups excluding tert-OH is 2. The molecule has 0 aromatic heterocycles. The molecule has 9 bridgehead atoms. The fraction of sp³-hybridized carbons (Fsp3) is 0.864. The first-order valence-corrected chi connectivity index (χ1v) is 10.9. The molecule has 13 atom stereocenters. The number of carbonyl (C=O) groups is 1. The minimum atomic E-state index is -1.16. The van der Waals surface area contributed by atoms with Crippen molar-refractivity contribution in [2.45, 2.75) is 75.5 Å². The number of hydrogen-bond donors (Lipinski definition) is 4. The lowest BCUT2D eigenvalue weighted by molar-refractivity contribution is -0.949. The summed E-state index contributed by atoms with van der Waals surface area (Å²) in [5, 5.41) is 35.1. The van der Waals surface area contributed by atoms with Gasteiger partial charge in [-0.1, -0.05) is 19.1 Å². The molecule has 3 saturated heterocycles. The molecule has 3 aliphatic heterocycles. The molecule has 6 nitrogen and oxygen atoms in total. The Morgan fingerprint density at radius 3 is 2.71 bits per heavy atom. The van der Waals surface area contributed by atoms with Gasteiger partial charge in [-0.15, -0.1) is 0 Å². The van der Waals surface area contributed by atoms with Crippen molar-refractivity contribution in [3.05, 3.63) is 12.2 Å². The van der Waals surface area contributed by atoms with Crippen LogP contribution in [-0.2, 0) is 9.53 Å². The lowest BCUT2D eigenvalue weighted by Gasteiger charge is -2.66. The second kappa shape index (κ2) is 4.25. The molecule has 4 N–H and O–H groups in total. The molecule has 152 valence electrons. The molecule has 0 radical (unpaired) electrons. The van der Waals surface area contributed by atoms with Crippen LogP contribution in [0.1, 0.15) is 39.5 Å². The highest BCUT2D eigenvalue weighted by atomic mass is 16.5. The maximum atomic E-state index is 12.2. The fourth-order valence-corrected chi connectivity index (χ4v) is 11.3. The second-order valence-electron chi connectivity index (χ2n) is 11.6. The van der Waals surface area contributed by atoms with Gasteiger partial charge in [-0.3, -0.25) is 4.79 Å². The molecule has 2 spiro atoms. The second-order valence-corrected chi connectivity index (χ2v) is 11.6. The summed E-state index contributed by atoms with van der Waals surface area (Å²) >= 11 is 0. The lowest BCUT2D eigenvalue weighted by atomic mass is 9.39. The molecule has 0 aromatic carbocycles. The van der Waals surface area contributed by atoms with E-state index in [0.29, 0.717) is 12.0 Å². The van der Waals surface area contributed by atoms with Gasteiger partial charge in [0.25, 0.3) is 0 Å². The van der Waals surface area contributed by atoms with Gasteiger partial charge in [0.15, 0.2) is 0 Å². The number of piperidine rings is 2. The summed E-state index contributed by atoms with van der Waals surface area (Å²) in [7, 11) is 0. The smallest absolute Gasteiger partial charge is 0.302 e. The Morgan fingerprint density at radius 2 is 2.00 bits per heavy atom. The molecular weight excluding hydrogens is 358 g/mol. The van der Waals surface area contributed by atoms with Crippen LogP contribution in [0.2, 0.25) is 0 Å². The van der Waals surface area contributed by atoms with Crippen LogP contribution in [0.25, 0.3) is 0 Å². The first kappa shape index (κ1) is 16.8. The maximum absolute atomic E-state index is 12.2. The van der Waals surface area contributed by atoms with Crippen LogP contribution in [0.5, 0.6) is 0 Å². The standard InChI is InChI=1S/C22H29NO5/c1-9-4-20-7-12-15-19(3)5-11(28-10(2)24)6-21(15)16(20)14(25)13(9)17(26)22(20,27)18(21)23(12)8-19/h11-18,25-27H,1,4-8H2,2-3H3/p+1/t11-,12-,13-,14-,15+,16-,17+,18-,19?,20+,21?,22-/m0/s1. The van der Waals surface area contributed by atoms with Crippen LogP contribution in [0.3, 0.4) is 0 Å². The van der Waals surface area contributed by atoms with E-state index >= 15 is 0 Å². The van der Waals surface area contributed by atoms with E-state index in [0.717, 1.165) is 37.8 Å². The predicted molar refractivity (Wildman–Crippen MR) is 97.0 cm³/mol. The Labute approximate surface area is 164 Å². The molecule has 9 aliphatic rings. The molecule has 3 heterocycles. The topological polar surface area (TPSA) is 91.4 Å². The van der Waals surface area contributed by atoms with Gasteiger partial charge in [0.05, 0.1) is 24.8 Å². The first-order chi connectivity index (χ1) is 13.1. The zero-order valence-corrected chi connectivity index (χ0v) is 16.5. The zero-order chi connectivity index (χ0) is 19.6. The average molecular weight is 388 g/mol. The number of nitrogens with one attached hydrogen (secondary N) is 1. The minimum absolute atomic E-state index is 0.0365. The third-order valence-electron chi connectivity index (χ3n) is 10.8. The summed E-state index contributed by atoms with van der Waals surface area (Å²) in [4.78, 5) is 13.2. The first-order valence-electron chi connectivity index (χ1n) is 10.9. The molecule has 0 amide bonds. The molecule has 3 unspecified atom stereocenters. The van der Waals surface area contributed by atoms with Crippen molar-refractivity contribution in [2.75, 3.05) is 6.54 Å². The maximum Gasteiger partial charge on any atom is 0.302 e. The molecular formula is C22H30NO5+. The summed E-state index contributed by atoms with van der Waals surface area (Å²) in [6.45, 7) is 8.96. The Morgan fingerprint density at radius 1 is 1.25 bits per heavy atom. The predicted octanol–water partition coefficient (Wildman–Crippen LogP) is -0.967. The van der Waals surface area contributed by atoms with Gasteiger partial charge >= 0.3 is 5.97 Å². The van der Waals surface area contributed by atoms with Crippen molar-refractivity contribution < 1.29 is 29.8 Å². The normalized spacial score (nSPS) is 69.3. The van der Waals surface area contributed by atoms with Crippen LogP contribution < -0.4 is 4.90 Å². The highest BCUT2D eigenvalue weighted by Crippen LogP contribution is 2.84. The summed E-state index contributed by atoms with van der Waals surface area (Å²) in [5.41, 5.74) is -0.926. The Hall–Kier alpha value is -0.950. The quantitative estimate of drug-likeness (QED) is 0.343. The lowest BCUT2D eigenvalue weighted by Crippen LogP contribution is -3.21. The third kappa shape index (κ3) is 1.26. The number of esters is 1. The zero-order valence-electron chi connectivity index (χ0n) is 16.5. The molecule has 6 aliphatic carbocycles. The average Bonchev–Trinajstić information content (AvgIpc) is 2.97. The molecule has 0 aromatic rings. The van der Waals surface area contributed by atoms with Crippen molar-refractivity contribution in [3.63, 3.8) is 0 Å². The highest BCUT2D eigenvalue weighted by Gasteiger charge is 2.97. The van der Waals surface area contributed by atoms with Gasteiger partial charge in [-0.2, -0.15) is 0 Å². The van der Waals surface area contributed by atoms with Gasteiger partial charge < -0.3 is 25.0 Å². The number of aliphatic hydroxyl groups is 3.